The molecule has 0 saturated carbocycles. The van der Waals surface area contributed by atoms with Gasteiger partial charge in [0.2, 0.25) is 0 Å². The molecule has 0 saturated heterocycles. The Kier molecular flexibility index (Phi) is 4.57. The molecule has 8 heteroatoms. The Morgan fingerprint density at radius 1 is 1.20 bits per heavy atom. The number of amides is 1. The number of thiazole rings is 1. The summed E-state index contributed by atoms with van der Waals surface area (Å²) in [5.74, 6) is -0.591. The summed E-state index contributed by atoms with van der Waals surface area (Å²) in [5.41, 5.74) is 1.88. The van der Waals surface area contributed by atoms with Crippen LogP contribution < -0.4 is 4.80 Å². The molecule has 0 N–H and O–H groups in total. The molecular weight excluding hydrogens is 380 g/mol. The third-order valence-electron chi connectivity index (χ3n) is 3.87. The topological polar surface area (TPSA) is 68.5 Å². The minimum Gasteiger partial charge on any atom is -0.319 e. The van der Waals surface area contributed by atoms with Crippen molar-refractivity contribution in [1.82, 2.24) is 4.57 Å². The van der Waals surface area contributed by atoms with Gasteiger partial charge in [0.1, 0.15) is 0 Å². The average molecular weight is 395 g/mol. The first-order valence-electron chi connectivity index (χ1n) is 7.33. The number of aromatic nitrogens is 1. The van der Waals surface area contributed by atoms with E-state index < -0.39 is 15.7 Å². The molecule has 2 aromatic carbocycles. The Balaban J connectivity index is 2.21. The van der Waals surface area contributed by atoms with Crippen LogP contribution in [0.25, 0.3) is 10.2 Å². The number of sulfone groups is 1. The smallest absolute Gasteiger partial charge is 0.280 e. The third kappa shape index (κ3) is 3.27. The van der Waals surface area contributed by atoms with E-state index in [1.54, 1.807) is 29.8 Å². The quantitative estimate of drug-likeness (QED) is 0.669. The van der Waals surface area contributed by atoms with Crippen molar-refractivity contribution in [3.8, 4) is 0 Å². The fraction of sp³-hybridized carbons (Fsp3) is 0.176. The van der Waals surface area contributed by atoms with Crippen molar-refractivity contribution >= 4 is 48.9 Å². The van der Waals surface area contributed by atoms with Crippen molar-refractivity contribution < 1.29 is 13.2 Å². The van der Waals surface area contributed by atoms with Gasteiger partial charge in [-0.25, -0.2) is 8.42 Å². The van der Waals surface area contributed by atoms with Crippen molar-refractivity contribution in [1.29, 1.82) is 0 Å². The summed E-state index contributed by atoms with van der Waals surface area (Å²) in [6, 6.07) is 9.76. The van der Waals surface area contributed by atoms with Crippen LogP contribution >= 0.6 is 22.9 Å². The van der Waals surface area contributed by atoms with E-state index in [1.807, 2.05) is 13.0 Å². The van der Waals surface area contributed by atoms with Crippen LogP contribution in [-0.2, 0) is 16.9 Å². The summed E-state index contributed by atoms with van der Waals surface area (Å²) in [5, 5.41) is 0.640. The molecule has 0 spiro atoms. The normalized spacial score (nSPS) is 12.7. The summed E-state index contributed by atoms with van der Waals surface area (Å²) in [6.45, 7) is 1.90. The number of aryl methyl sites for hydroxylation is 2. The average Bonchev–Trinajstić information content (AvgIpc) is 2.87. The molecule has 130 valence electrons. The first kappa shape index (κ1) is 17.8. The number of hydrogen-bond acceptors (Lipinski definition) is 4. The predicted molar refractivity (Wildman–Crippen MR) is 100.0 cm³/mol. The van der Waals surface area contributed by atoms with Crippen LogP contribution in [0, 0.1) is 6.92 Å². The lowest BCUT2D eigenvalue weighted by Crippen LogP contribution is -2.15. The van der Waals surface area contributed by atoms with Crippen molar-refractivity contribution in [2.24, 2.45) is 12.0 Å². The molecule has 0 aliphatic carbocycles. The zero-order chi connectivity index (χ0) is 18.4. The Morgan fingerprint density at radius 2 is 1.88 bits per heavy atom. The number of benzene rings is 2. The van der Waals surface area contributed by atoms with E-state index in [-0.39, 0.29) is 10.5 Å². The molecule has 0 bridgehead atoms. The number of carbonyl (C=O) groups excluding carboxylic acids is 1. The lowest BCUT2D eigenvalue weighted by Gasteiger charge is -2.04. The third-order valence-corrected chi connectivity index (χ3v) is 6.53. The van der Waals surface area contributed by atoms with Crippen molar-refractivity contribution in [3.05, 3.63) is 57.3 Å². The molecule has 1 aromatic heterocycles. The summed E-state index contributed by atoms with van der Waals surface area (Å²) >= 11 is 7.52. The molecule has 1 heterocycles. The standard InChI is InChI=1S/C17H15ClN2O3S2/c1-10-12(18)8-9-13-15(10)20(2)17(24-13)19-16(21)11-6-4-5-7-14(11)25(3,22)23/h4-9H,1-3H3. The monoisotopic (exact) mass is 394 g/mol. The highest BCUT2D eigenvalue weighted by Crippen LogP contribution is 2.26. The Hall–Kier alpha value is -1.96. The fourth-order valence-corrected chi connectivity index (χ4v) is 4.73. The summed E-state index contributed by atoms with van der Waals surface area (Å²) < 4.78 is 26.5. The summed E-state index contributed by atoms with van der Waals surface area (Å²) in [4.78, 5) is 17.2. The molecular formula is C17H15ClN2O3S2. The second-order valence-corrected chi connectivity index (χ2v) is 9.05. The Bertz CT molecular complexity index is 1170. The molecule has 0 fully saturated rings. The van der Waals surface area contributed by atoms with E-state index in [0.717, 1.165) is 22.0 Å². The maximum atomic E-state index is 12.6. The molecule has 3 aromatic rings. The first-order valence-corrected chi connectivity index (χ1v) is 10.4. The molecule has 1 amide bonds. The predicted octanol–water partition coefficient (Wildman–Crippen LogP) is 3.35. The van der Waals surface area contributed by atoms with Gasteiger partial charge in [0.25, 0.3) is 5.91 Å². The number of fused-ring (bicyclic) bond motifs is 1. The van der Waals surface area contributed by atoms with Crippen molar-refractivity contribution in [3.63, 3.8) is 0 Å². The van der Waals surface area contributed by atoms with Crippen LogP contribution in [0.1, 0.15) is 15.9 Å². The Morgan fingerprint density at radius 3 is 2.56 bits per heavy atom. The highest BCUT2D eigenvalue weighted by molar-refractivity contribution is 7.90. The van der Waals surface area contributed by atoms with Crippen LogP contribution in [0.4, 0.5) is 0 Å². The molecule has 0 aliphatic heterocycles. The fourth-order valence-electron chi connectivity index (χ4n) is 2.62. The lowest BCUT2D eigenvalue weighted by molar-refractivity contribution is 0.0995. The van der Waals surface area contributed by atoms with Crippen LogP contribution in [0.2, 0.25) is 5.02 Å². The van der Waals surface area contributed by atoms with Gasteiger partial charge in [-0.1, -0.05) is 35.1 Å². The molecule has 0 atom stereocenters. The molecule has 0 aliphatic rings. The lowest BCUT2D eigenvalue weighted by atomic mass is 10.2. The SMILES string of the molecule is Cc1c(Cl)ccc2sc(=NC(=O)c3ccccc3S(C)(=O)=O)n(C)c12. The van der Waals surface area contributed by atoms with E-state index in [0.29, 0.717) is 9.82 Å². The molecule has 0 radical (unpaired) electrons. The van der Waals surface area contributed by atoms with Gasteiger partial charge >= 0.3 is 0 Å². The molecule has 5 nitrogen and oxygen atoms in total. The summed E-state index contributed by atoms with van der Waals surface area (Å²) in [7, 11) is -1.72. The van der Waals surface area contributed by atoms with Gasteiger partial charge in [-0.2, -0.15) is 4.99 Å². The highest BCUT2D eigenvalue weighted by Gasteiger charge is 2.18. The van der Waals surface area contributed by atoms with E-state index >= 15 is 0 Å². The van der Waals surface area contributed by atoms with Gasteiger partial charge < -0.3 is 4.57 Å². The number of rotatable bonds is 2. The van der Waals surface area contributed by atoms with E-state index in [4.69, 9.17) is 11.6 Å². The Labute approximate surface area is 154 Å². The maximum Gasteiger partial charge on any atom is 0.280 e. The molecule has 0 unspecified atom stereocenters. The summed E-state index contributed by atoms with van der Waals surface area (Å²) in [6.07, 6.45) is 1.07. The largest absolute Gasteiger partial charge is 0.319 e. The van der Waals surface area contributed by atoms with Gasteiger partial charge in [-0.15, -0.1) is 0 Å². The van der Waals surface area contributed by atoms with Crippen molar-refractivity contribution in [2.45, 2.75) is 11.8 Å². The second kappa shape index (κ2) is 6.40. The number of halogens is 1. The van der Waals surface area contributed by atoms with Crippen LogP contribution in [0.15, 0.2) is 46.3 Å². The van der Waals surface area contributed by atoms with Gasteiger partial charge in [0.05, 0.1) is 20.7 Å². The van der Waals surface area contributed by atoms with Gasteiger partial charge in [-0.3, -0.25) is 4.79 Å². The van der Waals surface area contributed by atoms with E-state index in [9.17, 15) is 13.2 Å². The van der Waals surface area contributed by atoms with Gasteiger partial charge in [0.15, 0.2) is 14.6 Å². The first-order chi connectivity index (χ1) is 11.7. The zero-order valence-electron chi connectivity index (χ0n) is 13.8. The van der Waals surface area contributed by atoms with Gasteiger partial charge in [-0.05, 0) is 36.8 Å². The highest BCUT2D eigenvalue weighted by atomic mass is 35.5. The number of hydrogen-bond donors (Lipinski definition) is 0. The minimum atomic E-state index is -3.52. The van der Waals surface area contributed by atoms with E-state index in [1.165, 1.54) is 23.5 Å². The van der Waals surface area contributed by atoms with Crippen LogP contribution in [0.5, 0.6) is 0 Å². The maximum absolute atomic E-state index is 12.6. The van der Waals surface area contributed by atoms with Crippen molar-refractivity contribution in [2.75, 3.05) is 6.26 Å². The van der Waals surface area contributed by atoms with E-state index in [2.05, 4.69) is 4.99 Å². The zero-order valence-corrected chi connectivity index (χ0v) is 16.2. The molecule has 25 heavy (non-hydrogen) atoms. The van der Waals surface area contributed by atoms with Crippen LogP contribution in [0.3, 0.4) is 0 Å². The number of nitrogens with zero attached hydrogens (tertiary/aromatic N) is 2. The number of carbonyl (C=O) groups is 1. The molecule has 3 rings (SSSR count). The van der Waals surface area contributed by atoms with Gasteiger partial charge in [0, 0.05) is 18.3 Å². The second-order valence-electron chi connectivity index (χ2n) is 5.65. The minimum absolute atomic E-state index is 0.0215. The van der Waals surface area contributed by atoms with Crippen LogP contribution in [-0.4, -0.2) is 25.1 Å².